The Hall–Kier alpha value is -1.40. The summed E-state index contributed by atoms with van der Waals surface area (Å²) in [7, 11) is -3.64. The van der Waals surface area contributed by atoms with Gasteiger partial charge < -0.3 is 10.6 Å². The number of guanidine groups is 1. The number of aromatic nitrogens is 1. The van der Waals surface area contributed by atoms with E-state index < -0.39 is 15.5 Å². The van der Waals surface area contributed by atoms with Crippen molar-refractivity contribution >= 4 is 27.3 Å². The normalized spacial score (nSPS) is 18.1. The van der Waals surface area contributed by atoms with Gasteiger partial charge in [0.1, 0.15) is 0 Å². The first kappa shape index (κ1) is 20.9. The monoisotopic (exact) mass is 413 g/mol. The molecular weight excluding hydrogens is 391 g/mol. The number of hydrogen-bond acceptors (Lipinski definition) is 5. The number of alkyl halides is 3. The van der Waals surface area contributed by atoms with E-state index in [1.165, 1.54) is 0 Å². The van der Waals surface area contributed by atoms with Crippen LogP contribution in [0.25, 0.3) is 0 Å². The summed E-state index contributed by atoms with van der Waals surface area (Å²) in [6, 6.07) is -0.136. The van der Waals surface area contributed by atoms with E-state index in [4.69, 9.17) is 0 Å². The van der Waals surface area contributed by atoms with Crippen molar-refractivity contribution in [1.82, 2.24) is 19.9 Å². The number of nitrogens with zero attached hydrogens (tertiary/aromatic N) is 3. The van der Waals surface area contributed by atoms with Crippen LogP contribution >= 0.6 is 11.3 Å². The van der Waals surface area contributed by atoms with Gasteiger partial charge >= 0.3 is 15.5 Å². The topological polar surface area (TPSA) is 86.7 Å². The van der Waals surface area contributed by atoms with Crippen LogP contribution in [-0.4, -0.2) is 61.9 Å². The van der Waals surface area contributed by atoms with Crippen molar-refractivity contribution < 1.29 is 21.6 Å². The van der Waals surface area contributed by atoms with Gasteiger partial charge in [0.2, 0.25) is 0 Å². The third-order valence-electron chi connectivity index (χ3n) is 3.95. The van der Waals surface area contributed by atoms with Gasteiger partial charge in [-0.25, -0.2) is 13.4 Å². The fourth-order valence-corrected chi connectivity index (χ4v) is 4.35. The summed E-state index contributed by atoms with van der Waals surface area (Å²) in [6.45, 7) is 2.26. The molecule has 0 aliphatic carbocycles. The number of thiazole rings is 1. The van der Waals surface area contributed by atoms with Gasteiger partial charge in [0.15, 0.2) is 5.96 Å². The Labute approximate surface area is 154 Å². The Balaban J connectivity index is 1.78. The molecule has 1 aromatic rings. The van der Waals surface area contributed by atoms with E-state index in [1.54, 1.807) is 18.4 Å². The quantitative estimate of drug-likeness (QED) is 0.564. The maximum absolute atomic E-state index is 12.6. The Kier molecular flexibility index (Phi) is 6.86. The van der Waals surface area contributed by atoms with Crippen molar-refractivity contribution in [2.24, 2.45) is 4.99 Å². The molecule has 1 saturated heterocycles. The highest BCUT2D eigenvalue weighted by Crippen LogP contribution is 2.28. The molecule has 0 bridgehead atoms. The highest BCUT2D eigenvalue weighted by atomic mass is 32.2. The van der Waals surface area contributed by atoms with Crippen molar-refractivity contribution in [3.8, 4) is 0 Å². The van der Waals surface area contributed by atoms with Gasteiger partial charge in [0.05, 0.1) is 5.01 Å². The van der Waals surface area contributed by atoms with E-state index >= 15 is 0 Å². The summed E-state index contributed by atoms with van der Waals surface area (Å²) in [5, 5.41) is 7.27. The number of piperidine rings is 1. The summed E-state index contributed by atoms with van der Waals surface area (Å²) in [4.78, 5) is 9.50. The number of sulfonamides is 1. The lowest BCUT2D eigenvalue weighted by molar-refractivity contribution is -0.0494. The second-order valence-corrected chi connectivity index (χ2v) is 9.13. The van der Waals surface area contributed by atoms with E-state index in [1.807, 2.05) is 13.1 Å². The molecule has 1 aromatic heterocycles. The number of rotatable bonds is 5. The molecule has 1 fully saturated rings. The van der Waals surface area contributed by atoms with E-state index in [-0.39, 0.29) is 32.0 Å². The van der Waals surface area contributed by atoms with Crippen LogP contribution < -0.4 is 10.6 Å². The standard InChI is InChI=1S/C14H22F3N5O2S2/c1-10-9-20-12(25-10)3-6-19-13(18-2)21-11-4-7-22(8-5-11)26(23,24)14(15,16)17/h9,11H,3-8H2,1-2H3,(H2,18,19,21). The average molecular weight is 413 g/mol. The SMILES string of the molecule is CN=C(NCCc1ncc(C)s1)NC1CCN(S(=O)(=O)C(F)(F)F)CC1. The fraction of sp³-hybridized carbons (Fsp3) is 0.714. The van der Waals surface area contributed by atoms with Crippen molar-refractivity contribution in [3.63, 3.8) is 0 Å². The zero-order valence-electron chi connectivity index (χ0n) is 14.5. The number of nitrogens with one attached hydrogen (secondary N) is 2. The molecule has 2 heterocycles. The van der Waals surface area contributed by atoms with Crippen molar-refractivity contribution in [1.29, 1.82) is 0 Å². The smallest absolute Gasteiger partial charge is 0.356 e. The molecule has 1 aliphatic heterocycles. The second kappa shape index (κ2) is 8.53. The van der Waals surface area contributed by atoms with Gasteiger partial charge in [0.25, 0.3) is 0 Å². The molecule has 7 nitrogen and oxygen atoms in total. The zero-order valence-corrected chi connectivity index (χ0v) is 16.1. The highest BCUT2D eigenvalue weighted by Gasteiger charge is 2.50. The molecule has 0 saturated carbocycles. The summed E-state index contributed by atoms with van der Waals surface area (Å²) >= 11 is 1.62. The fourth-order valence-electron chi connectivity index (χ4n) is 2.58. The summed E-state index contributed by atoms with van der Waals surface area (Å²) in [5.41, 5.74) is -5.25. The number of aryl methyl sites for hydroxylation is 1. The van der Waals surface area contributed by atoms with Crippen LogP contribution in [0.5, 0.6) is 0 Å². The third-order valence-corrected chi connectivity index (χ3v) is 6.55. The molecule has 12 heteroatoms. The molecule has 0 spiro atoms. The third kappa shape index (κ3) is 5.30. The first-order chi connectivity index (χ1) is 12.1. The molecule has 2 N–H and O–H groups in total. The number of halogens is 3. The Morgan fingerprint density at radius 2 is 2.08 bits per heavy atom. The van der Waals surface area contributed by atoms with E-state index in [2.05, 4.69) is 20.6 Å². The molecule has 0 unspecified atom stereocenters. The first-order valence-corrected chi connectivity index (χ1v) is 10.3. The molecular formula is C14H22F3N5O2S2. The summed E-state index contributed by atoms with van der Waals surface area (Å²) < 4.78 is 61.1. The van der Waals surface area contributed by atoms with Crippen LogP contribution in [0.1, 0.15) is 22.7 Å². The van der Waals surface area contributed by atoms with Gasteiger partial charge in [-0.15, -0.1) is 11.3 Å². The van der Waals surface area contributed by atoms with Gasteiger partial charge in [-0.3, -0.25) is 4.99 Å². The van der Waals surface area contributed by atoms with Crippen LogP contribution in [0.3, 0.4) is 0 Å². The van der Waals surface area contributed by atoms with E-state index in [0.717, 1.165) is 16.3 Å². The van der Waals surface area contributed by atoms with Crippen LogP contribution in [0, 0.1) is 6.92 Å². The van der Waals surface area contributed by atoms with E-state index in [9.17, 15) is 21.6 Å². The largest absolute Gasteiger partial charge is 0.511 e. The minimum absolute atomic E-state index is 0.136. The molecule has 0 atom stereocenters. The average Bonchev–Trinajstić information content (AvgIpc) is 2.98. The summed E-state index contributed by atoms with van der Waals surface area (Å²) in [5.74, 6) is 0.537. The van der Waals surface area contributed by atoms with Crippen molar-refractivity contribution in [2.45, 2.75) is 37.7 Å². The van der Waals surface area contributed by atoms with Crippen LogP contribution in [0.2, 0.25) is 0 Å². The number of hydrogen-bond donors (Lipinski definition) is 2. The number of aliphatic imine (C=N–C) groups is 1. The molecule has 0 amide bonds. The predicted molar refractivity (Wildman–Crippen MR) is 94.6 cm³/mol. The van der Waals surface area contributed by atoms with Gasteiger partial charge in [-0.1, -0.05) is 0 Å². The summed E-state index contributed by atoms with van der Waals surface area (Å²) in [6.07, 6.45) is 3.11. The van der Waals surface area contributed by atoms with Gasteiger partial charge in [-0.2, -0.15) is 17.5 Å². The van der Waals surface area contributed by atoms with Crippen LogP contribution in [0.15, 0.2) is 11.2 Å². The zero-order chi connectivity index (χ0) is 19.4. The van der Waals surface area contributed by atoms with Crippen LogP contribution in [-0.2, 0) is 16.4 Å². The Morgan fingerprint density at radius 3 is 2.58 bits per heavy atom. The Morgan fingerprint density at radius 1 is 1.42 bits per heavy atom. The minimum Gasteiger partial charge on any atom is -0.356 e. The molecule has 0 radical (unpaired) electrons. The van der Waals surface area contributed by atoms with Crippen LogP contribution in [0.4, 0.5) is 13.2 Å². The molecule has 2 rings (SSSR count). The van der Waals surface area contributed by atoms with Gasteiger partial charge in [0, 0.05) is 50.2 Å². The maximum Gasteiger partial charge on any atom is 0.511 e. The molecule has 1 aliphatic rings. The van der Waals surface area contributed by atoms with Crippen molar-refractivity contribution in [2.75, 3.05) is 26.7 Å². The van der Waals surface area contributed by atoms with Gasteiger partial charge in [-0.05, 0) is 19.8 Å². The molecule has 0 aromatic carbocycles. The molecule has 148 valence electrons. The molecule has 26 heavy (non-hydrogen) atoms. The predicted octanol–water partition coefficient (Wildman–Crippen LogP) is 1.47. The Bertz CT molecular complexity index is 725. The second-order valence-electron chi connectivity index (χ2n) is 5.88. The lowest BCUT2D eigenvalue weighted by Gasteiger charge is -2.32. The van der Waals surface area contributed by atoms with E-state index in [0.29, 0.717) is 16.8 Å². The highest BCUT2D eigenvalue weighted by molar-refractivity contribution is 7.90. The minimum atomic E-state index is -5.25. The first-order valence-electron chi connectivity index (χ1n) is 8.08. The van der Waals surface area contributed by atoms with Crippen molar-refractivity contribution in [3.05, 3.63) is 16.1 Å². The lowest BCUT2D eigenvalue weighted by Crippen LogP contribution is -2.51. The maximum atomic E-state index is 12.6. The lowest BCUT2D eigenvalue weighted by atomic mass is 10.1.